The summed E-state index contributed by atoms with van der Waals surface area (Å²) < 4.78 is 6.17. The molecule has 1 aromatic carbocycles. The number of nitrogens with zero attached hydrogens (tertiary/aromatic N) is 6. The molecule has 0 spiro atoms. The number of piperazine rings is 1. The van der Waals surface area contributed by atoms with Crippen LogP contribution in [0.2, 0.25) is 10.0 Å². The first-order valence-electron chi connectivity index (χ1n) is 14.4. The molecule has 3 aliphatic heterocycles. The minimum Gasteiger partial charge on any atom is -0.481 e. The average molecular weight is 614 g/mol. The first-order valence-corrected chi connectivity index (χ1v) is 15.1. The number of hydrogen-bond acceptors (Lipinski definition) is 9. The SMILES string of the molecule is O=C(O)CC1CCN(Cc2cc(Oc3cnc(N4CCN5C[C@@H](O)C[C@H]5C4)nc3)nc(-c3cc(Cl)cc(Cl)c3)c2)CC1. The van der Waals surface area contributed by atoms with Crippen LogP contribution in [0.5, 0.6) is 11.6 Å². The average Bonchev–Trinajstić information content (AvgIpc) is 3.33. The molecule has 2 aromatic heterocycles. The summed E-state index contributed by atoms with van der Waals surface area (Å²) in [5.41, 5.74) is 2.47. The first-order chi connectivity index (χ1) is 20.3. The lowest BCUT2D eigenvalue weighted by atomic mass is 9.93. The summed E-state index contributed by atoms with van der Waals surface area (Å²) in [7, 11) is 0. The number of aliphatic hydroxyl groups is 1. The molecular weight excluding hydrogens is 579 g/mol. The van der Waals surface area contributed by atoms with Crippen molar-refractivity contribution in [3.8, 4) is 22.9 Å². The van der Waals surface area contributed by atoms with Gasteiger partial charge in [-0.1, -0.05) is 23.2 Å². The zero-order valence-electron chi connectivity index (χ0n) is 23.2. The van der Waals surface area contributed by atoms with Crippen LogP contribution < -0.4 is 9.64 Å². The Balaban J connectivity index is 1.19. The number of fused-ring (bicyclic) bond motifs is 1. The van der Waals surface area contributed by atoms with Crippen molar-refractivity contribution in [1.29, 1.82) is 0 Å². The lowest BCUT2D eigenvalue weighted by Crippen LogP contribution is -2.50. The molecule has 3 fully saturated rings. The van der Waals surface area contributed by atoms with Gasteiger partial charge in [-0.3, -0.25) is 14.6 Å². The van der Waals surface area contributed by atoms with E-state index < -0.39 is 5.97 Å². The second-order valence-electron chi connectivity index (χ2n) is 11.5. The van der Waals surface area contributed by atoms with Gasteiger partial charge in [0, 0.05) is 66.9 Å². The number of carboxylic acids is 1. The summed E-state index contributed by atoms with van der Waals surface area (Å²) in [5.74, 6) is 1.01. The van der Waals surface area contributed by atoms with Crippen LogP contribution in [0, 0.1) is 5.92 Å². The molecule has 10 nitrogen and oxygen atoms in total. The Hall–Kier alpha value is -3.02. The Kier molecular flexibility index (Phi) is 8.78. The summed E-state index contributed by atoms with van der Waals surface area (Å²) >= 11 is 12.6. The van der Waals surface area contributed by atoms with E-state index in [4.69, 9.17) is 38.0 Å². The lowest BCUT2D eigenvalue weighted by molar-refractivity contribution is -0.138. The fraction of sp³-hybridized carbons (Fsp3) is 0.467. The number of halogens is 2. The number of aromatic nitrogens is 3. The zero-order valence-corrected chi connectivity index (χ0v) is 24.7. The molecule has 6 rings (SSSR count). The van der Waals surface area contributed by atoms with E-state index in [-0.39, 0.29) is 18.4 Å². The van der Waals surface area contributed by atoms with Gasteiger partial charge in [-0.2, -0.15) is 0 Å². The summed E-state index contributed by atoms with van der Waals surface area (Å²) in [6.07, 6.45) is 5.79. The van der Waals surface area contributed by atoms with Crippen molar-refractivity contribution in [2.45, 2.75) is 44.4 Å². The van der Waals surface area contributed by atoms with Gasteiger partial charge >= 0.3 is 5.97 Å². The molecule has 5 heterocycles. The molecular formula is C30H34Cl2N6O4. The van der Waals surface area contributed by atoms with Crippen LogP contribution in [-0.2, 0) is 11.3 Å². The summed E-state index contributed by atoms with van der Waals surface area (Å²) in [6, 6.07) is 9.57. The number of piperidine rings is 1. The van der Waals surface area contributed by atoms with Crippen LogP contribution >= 0.6 is 23.2 Å². The van der Waals surface area contributed by atoms with E-state index in [2.05, 4.69) is 24.7 Å². The number of anilines is 1. The Morgan fingerprint density at radius 2 is 1.71 bits per heavy atom. The van der Waals surface area contributed by atoms with Gasteiger partial charge < -0.3 is 19.8 Å². The molecule has 12 heteroatoms. The molecule has 3 aromatic rings. The number of aliphatic carboxylic acids is 1. The number of carboxylic acid groups (broad SMARTS) is 1. The highest BCUT2D eigenvalue weighted by Gasteiger charge is 2.36. The third-order valence-corrected chi connectivity index (χ3v) is 8.75. The van der Waals surface area contributed by atoms with Crippen LogP contribution in [0.25, 0.3) is 11.3 Å². The quantitative estimate of drug-likeness (QED) is 0.374. The predicted octanol–water partition coefficient (Wildman–Crippen LogP) is 4.58. The fourth-order valence-corrected chi connectivity index (χ4v) is 6.78. The van der Waals surface area contributed by atoms with Gasteiger partial charge in [0.1, 0.15) is 0 Å². The van der Waals surface area contributed by atoms with Gasteiger partial charge in [-0.05, 0) is 68.1 Å². The van der Waals surface area contributed by atoms with Gasteiger partial charge in [-0.15, -0.1) is 0 Å². The maximum atomic E-state index is 11.1. The Morgan fingerprint density at radius 1 is 0.976 bits per heavy atom. The van der Waals surface area contributed by atoms with Crippen molar-refractivity contribution in [3.05, 3.63) is 58.3 Å². The molecule has 0 radical (unpaired) electrons. The first kappa shape index (κ1) is 29.1. The maximum absolute atomic E-state index is 11.1. The molecule has 2 N–H and O–H groups in total. The smallest absolute Gasteiger partial charge is 0.303 e. The van der Waals surface area contributed by atoms with E-state index in [1.54, 1.807) is 18.5 Å². The van der Waals surface area contributed by atoms with E-state index in [0.29, 0.717) is 45.9 Å². The number of rotatable bonds is 8. The predicted molar refractivity (Wildman–Crippen MR) is 160 cm³/mol. The third-order valence-electron chi connectivity index (χ3n) is 8.31. The molecule has 222 valence electrons. The van der Waals surface area contributed by atoms with Crippen molar-refractivity contribution in [3.63, 3.8) is 0 Å². The van der Waals surface area contributed by atoms with Crippen molar-refractivity contribution >= 4 is 35.1 Å². The van der Waals surface area contributed by atoms with Gasteiger partial charge in [-0.25, -0.2) is 15.0 Å². The third kappa shape index (κ3) is 7.12. The second-order valence-corrected chi connectivity index (χ2v) is 12.4. The second kappa shape index (κ2) is 12.7. The number of hydrogen-bond donors (Lipinski definition) is 2. The number of likely N-dealkylation sites (tertiary alicyclic amines) is 1. The van der Waals surface area contributed by atoms with E-state index in [1.165, 1.54) is 0 Å². The molecule has 0 amide bonds. The van der Waals surface area contributed by atoms with Crippen LogP contribution in [0.4, 0.5) is 5.95 Å². The van der Waals surface area contributed by atoms with Gasteiger partial charge in [0.15, 0.2) is 5.75 Å². The molecule has 0 bridgehead atoms. The number of pyridine rings is 1. The lowest BCUT2D eigenvalue weighted by Gasteiger charge is -2.37. The van der Waals surface area contributed by atoms with Crippen LogP contribution in [0.1, 0.15) is 31.2 Å². The Labute approximate surface area is 254 Å². The van der Waals surface area contributed by atoms with Crippen molar-refractivity contribution in [2.24, 2.45) is 5.92 Å². The minimum atomic E-state index is -0.734. The molecule has 2 atom stereocenters. The maximum Gasteiger partial charge on any atom is 0.303 e. The Bertz CT molecular complexity index is 1400. The van der Waals surface area contributed by atoms with Crippen LogP contribution in [0.3, 0.4) is 0 Å². The molecule has 3 saturated heterocycles. The normalized spacial score (nSPS) is 21.8. The van der Waals surface area contributed by atoms with Crippen molar-refractivity contribution in [2.75, 3.05) is 44.2 Å². The fourth-order valence-electron chi connectivity index (χ4n) is 6.25. The molecule has 0 aliphatic carbocycles. The van der Waals surface area contributed by atoms with Gasteiger partial charge in [0.25, 0.3) is 0 Å². The van der Waals surface area contributed by atoms with Crippen molar-refractivity contribution < 1.29 is 19.7 Å². The van der Waals surface area contributed by atoms with Gasteiger partial charge in [0.2, 0.25) is 11.8 Å². The highest BCUT2D eigenvalue weighted by atomic mass is 35.5. The highest BCUT2D eigenvalue weighted by Crippen LogP contribution is 2.31. The monoisotopic (exact) mass is 612 g/mol. The summed E-state index contributed by atoms with van der Waals surface area (Å²) in [4.78, 5) is 31.8. The molecule has 0 unspecified atom stereocenters. The standard InChI is InChI=1S/C30H34Cl2N6O4/c31-22-10-21(11-23(32)12-22)27-7-20(16-36-3-1-19(2-4-36)9-29(40)41)8-28(35-27)42-26-14-33-30(34-15-26)38-6-5-37-18-25(39)13-24(37)17-38/h7-8,10-12,14-15,19,24-25,39H,1-6,9,13,16-18H2,(H,40,41)/t24-,25-/m0/s1. The largest absolute Gasteiger partial charge is 0.481 e. The molecule has 42 heavy (non-hydrogen) atoms. The van der Waals surface area contributed by atoms with Crippen LogP contribution in [-0.4, -0.2) is 92.3 Å². The number of benzene rings is 1. The van der Waals surface area contributed by atoms with Crippen molar-refractivity contribution in [1.82, 2.24) is 24.8 Å². The zero-order chi connectivity index (χ0) is 29.2. The summed E-state index contributed by atoms with van der Waals surface area (Å²) in [6.45, 7) is 5.57. The van der Waals surface area contributed by atoms with E-state index in [1.807, 2.05) is 24.3 Å². The van der Waals surface area contributed by atoms with E-state index in [9.17, 15) is 9.90 Å². The minimum absolute atomic E-state index is 0.218. The topological polar surface area (TPSA) is 115 Å². The molecule has 3 aliphatic rings. The highest BCUT2D eigenvalue weighted by molar-refractivity contribution is 6.35. The number of ether oxygens (including phenoxy) is 1. The van der Waals surface area contributed by atoms with E-state index in [0.717, 1.165) is 69.7 Å². The van der Waals surface area contributed by atoms with E-state index >= 15 is 0 Å². The Morgan fingerprint density at radius 3 is 2.43 bits per heavy atom. The number of carbonyl (C=O) groups is 1. The molecule has 0 saturated carbocycles. The number of aliphatic hydroxyl groups excluding tert-OH is 1. The van der Waals surface area contributed by atoms with Gasteiger partial charge in [0.05, 0.1) is 24.2 Å². The van der Waals surface area contributed by atoms with Crippen LogP contribution in [0.15, 0.2) is 42.7 Å². The summed E-state index contributed by atoms with van der Waals surface area (Å²) in [5, 5.41) is 20.2.